The van der Waals surface area contributed by atoms with Crippen LogP contribution in [0.1, 0.15) is 38.8 Å². The Balaban J connectivity index is 2.70. The molecule has 0 heterocycles. The molecule has 0 aromatic heterocycles. The topological polar surface area (TPSA) is 34.1 Å². The van der Waals surface area contributed by atoms with Crippen molar-refractivity contribution in [3.63, 3.8) is 0 Å². The molecule has 0 saturated carbocycles. The molecule has 2 aromatic carbocycles. The average Bonchev–Trinajstić information content (AvgIpc) is 2.39. The number of rotatable bonds is 3. The average molecular weight is 287 g/mol. The van der Waals surface area contributed by atoms with E-state index < -0.39 is 5.24 Å². The van der Waals surface area contributed by atoms with Crippen molar-refractivity contribution in [2.75, 3.05) is 0 Å². The molecule has 2 aromatic rings. The molecule has 3 heteroatoms. The molecule has 2 nitrogen and oxygen atoms in total. The molecule has 0 bridgehead atoms. The van der Waals surface area contributed by atoms with Gasteiger partial charge in [-0.15, -0.1) is 0 Å². The highest BCUT2D eigenvalue weighted by Gasteiger charge is 2.14. The van der Waals surface area contributed by atoms with Crippen molar-refractivity contribution >= 4 is 22.6 Å². The lowest BCUT2D eigenvalue weighted by atomic mass is 9.91. The standard InChI is InChI=1S/C17H15ClO2/c1-10-13(12(3)19)6-4-7-14(10)15-8-5-9-16(11(15)2)17(18)20/h4-9H,1-3H3. The van der Waals surface area contributed by atoms with E-state index in [1.165, 1.54) is 0 Å². The first-order valence-electron chi connectivity index (χ1n) is 6.34. The molecular weight excluding hydrogens is 272 g/mol. The van der Waals surface area contributed by atoms with Crippen LogP contribution in [0.2, 0.25) is 0 Å². The van der Waals surface area contributed by atoms with Gasteiger partial charge >= 0.3 is 0 Å². The first kappa shape index (κ1) is 14.5. The van der Waals surface area contributed by atoms with Crippen molar-refractivity contribution in [3.05, 3.63) is 58.7 Å². The molecule has 0 N–H and O–H groups in total. The smallest absolute Gasteiger partial charge is 0.252 e. The lowest BCUT2D eigenvalue weighted by molar-refractivity contribution is 0.101. The van der Waals surface area contributed by atoms with E-state index >= 15 is 0 Å². The molecule has 0 unspecified atom stereocenters. The summed E-state index contributed by atoms with van der Waals surface area (Å²) in [7, 11) is 0. The molecule has 0 amide bonds. The maximum absolute atomic E-state index is 11.6. The predicted molar refractivity (Wildman–Crippen MR) is 81.5 cm³/mol. The van der Waals surface area contributed by atoms with Gasteiger partial charge in [-0.1, -0.05) is 30.3 Å². The Labute approximate surface area is 123 Å². The first-order chi connectivity index (χ1) is 9.43. The van der Waals surface area contributed by atoms with Crippen molar-refractivity contribution in [1.29, 1.82) is 0 Å². The maximum atomic E-state index is 11.6. The summed E-state index contributed by atoms with van der Waals surface area (Å²) in [4.78, 5) is 23.1. The summed E-state index contributed by atoms with van der Waals surface area (Å²) in [6.45, 7) is 5.34. The maximum Gasteiger partial charge on any atom is 0.252 e. The van der Waals surface area contributed by atoms with Crippen LogP contribution in [-0.2, 0) is 0 Å². The molecule has 0 aliphatic rings. The summed E-state index contributed by atoms with van der Waals surface area (Å²) in [6.07, 6.45) is 0. The number of benzene rings is 2. The molecular formula is C17H15ClO2. The normalized spacial score (nSPS) is 10.4. The highest BCUT2D eigenvalue weighted by Crippen LogP contribution is 2.30. The van der Waals surface area contributed by atoms with Crippen LogP contribution < -0.4 is 0 Å². The van der Waals surface area contributed by atoms with E-state index in [1.807, 2.05) is 38.1 Å². The molecule has 0 saturated heterocycles. The van der Waals surface area contributed by atoms with E-state index in [4.69, 9.17) is 11.6 Å². The predicted octanol–water partition coefficient (Wildman–Crippen LogP) is 4.55. The minimum Gasteiger partial charge on any atom is -0.295 e. The number of ketones is 1. The van der Waals surface area contributed by atoms with Gasteiger partial charge in [0.15, 0.2) is 5.78 Å². The fraction of sp³-hybridized carbons (Fsp3) is 0.176. The molecule has 0 fully saturated rings. The van der Waals surface area contributed by atoms with Crippen LogP contribution in [0.25, 0.3) is 11.1 Å². The lowest BCUT2D eigenvalue weighted by Gasteiger charge is -2.13. The van der Waals surface area contributed by atoms with Gasteiger partial charge in [-0.25, -0.2) is 0 Å². The fourth-order valence-electron chi connectivity index (χ4n) is 2.45. The van der Waals surface area contributed by atoms with E-state index in [0.717, 1.165) is 22.3 Å². The third-order valence-corrected chi connectivity index (χ3v) is 3.75. The van der Waals surface area contributed by atoms with Gasteiger partial charge in [0.25, 0.3) is 5.24 Å². The third kappa shape index (κ3) is 2.52. The molecule has 2 rings (SSSR count). The summed E-state index contributed by atoms with van der Waals surface area (Å²) in [6, 6.07) is 11.1. The molecule has 0 atom stereocenters. The van der Waals surface area contributed by atoms with Gasteiger partial charge in [0, 0.05) is 11.1 Å². The number of carbonyl (C=O) groups is 2. The van der Waals surface area contributed by atoms with Crippen LogP contribution in [0.4, 0.5) is 0 Å². The Morgan fingerprint density at radius 3 is 1.75 bits per heavy atom. The summed E-state index contributed by atoms with van der Waals surface area (Å²) in [5.74, 6) is 0.0339. The summed E-state index contributed by atoms with van der Waals surface area (Å²) in [5.41, 5.74) is 4.83. The quantitative estimate of drug-likeness (QED) is 0.612. The lowest BCUT2D eigenvalue weighted by Crippen LogP contribution is -2.00. The molecule has 0 aliphatic carbocycles. The van der Waals surface area contributed by atoms with Crippen molar-refractivity contribution in [2.45, 2.75) is 20.8 Å². The second-order valence-corrected chi connectivity index (χ2v) is 5.13. The van der Waals surface area contributed by atoms with Crippen molar-refractivity contribution in [2.24, 2.45) is 0 Å². The van der Waals surface area contributed by atoms with Crippen LogP contribution in [0, 0.1) is 13.8 Å². The van der Waals surface area contributed by atoms with E-state index in [1.54, 1.807) is 19.1 Å². The highest BCUT2D eigenvalue weighted by atomic mass is 35.5. The number of Topliss-reactive ketones (excluding diaryl/α,β-unsaturated/α-hetero) is 1. The van der Waals surface area contributed by atoms with Crippen molar-refractivity contribution in [3.8, 4) is 11.1 Å². The highest BCUT2D eigenvalue weighted by molar-refractivity contribution is 6.68. The van der Waals surface area contributed by atoms with E-state index in [0.29, 0.717) is 11.1 Å². The molecule has 0 radical (unpaired) electrons. The number of hydrogen-bond donors (Lipinski definition) is 0. The molecule has 0 aliphatic heterocycles. The van der Waals surface area contributed by atoms with Gasteiger partial charge in [-0.3, -0.25) is 9.59 Å². The Kier molecular flexibility index (Phi) is 4.05. The molecule has 20 heavy (non-hydrogen) atoms. The first-order valence-corrected chi connectivity index (χ1v) is 6.71. The number of hydrogen-bond acceptors (Lipinski definition) is 2. The summed E-state index contributed by atoms with van der Waals surface area (Å²) < 4.78 is 0. The third-order valence-electron chi connectivity index (χ3n) is 3.55. The number of halogens is 1. The Hall–Kier alpha value is -1.93. The largest absolute Gasteiger partial charge is 0.295 e. The monoisotopic (exact) mass is 286 g/mol. The minimum absolute atomic E-state index is 0.0339. The van der Waals surface area contributed by atoms with Gasteiger partial charge in [-0.2, -0.15) is 0 Å². The zero-order valence-corrected chi connectivity index (χ0v) is 12.4. The van der Waals surface area contributed by atoms with Crippen molar-refractivity contribution in [1.82, 2.24) is 0 Å². The fourth-order valence-corrected chi connectivity index (χ4v) is 2.65. The second-order valence-electron chi connectivity index (χ2n) is 4.79. The van der Waals surface area contributed by atoms with Gasteiger partial charge in [0.05, 0.1) is 0 Å². The summed E-state index contributed by atoms with van der Waals surface area (Å²) in [5, 5.41) is -0.468. The van der Waals surface area contributed by atoms with Gasteiger partial charge in [0.2, 0.25) is 0 Å². The summed E-state index contributed by atoms with van der Waals surface area (Å²) >= 11 is 5.60. The Morgan fingerprint density at radius 1 is 0.850 bits per heavy atom. The molecule has 0 spiro atoms. The minimum atomic E-state index is -0.468. The van der Waals surface area contributed by atoms with Crippen molar-refractivity contribution < 1.29 is 9.59 Å². The van der Waals surface area contributed by atoms with E-state index in [9.17, 15) is 9.59 Å². The van der Waals surface area contributed by atoms with Crippen LogP contribution in [0.15, 0.2) is 36.4 Å². The van der Waals surface area contributed by atoms with Gasteiger partial charge < -0.3 is 0 Å². The van der Waals surface area contributed by atoms with Crippen LogP contribution >= 0.6 is 11.6 Å². The zero-order valence-electron chi connectivity index (χ0n) is 11.7. The van der Waals surface area contributed by atoms with Crippen LogP contribution in [0.5, 0.6) is 0 Å². The Bertz CT molecular complexity index is 641. The van der Waals surface area contributed by atoms with E-state index in [-0.39, 0.29) is 5.78 Å². The SMILES string of the molecule is CC(=O)c1cccc(-c2cccc(C(=O)Cl)c2C)c1C. The van der Waals surface area contributed by atoms with Gasteiger partial charge in [0.1, 0.15) is 0 Å². The van der Waals surface area contributed by atoms with Crippen LogP contribution in [0.3, 0.4) is 0 Å². The van der Waals surface area contributed by atoms with Crippen LogP contribution in [-0.4, -0.2) is 11.0 Å². The Morgan fingerprint density at radius 2 is 1.30 bits per heavy atom. The second kappa shape index (κ2) is 5.59. The molecule has 102 valence electrons. The van der Waals surface area contributed by atoms with Gasteiger partial charge in [-0.05, 0) is 60.7 Å². The zero-order chi connectivity index (χ0) is 14.9. The number of carbonyl (C=O) groups excluding carboxylic acids is 2. The van der Waals surface area contributed by atoms with E-state index in [2.05, 4.69) is 0 Å².